The molecule has 2 aliphatic rings. The van der Waals surface area contributed by atoms with Crippen LogP contribution in [0.15, 0.2) is 127 Å². The van der Waals surface area contributed by atoms with Crippen LogP contribution in [0.4, 0.5) is 0 Å². The summed E-state index contributed by atoms with van der Waals surface area (Å²) in [5.74, 6) is 0.881. The first-order valence-electron chi connectivity index (χ1n) is 17.8. The number of thiophene rings is 2. The fraction of sp³-hybridized carbons (Fsp3) is 0.0638. The molecule has 3 nitrogen and oxygen atoms in total. The molecule has 0 atom stereocenters. The zero-order valence-corrected chi connectivity index (χ0v) is 29.9. The van der Waals surface area contributed by atoms with Crippen LogP contribution in [0.25, 0.3) is 113 Å². The molecule has 0 radical (unpaired) electrons. The summed E-state index contributed by atoms with van der Waals surface area (Å²) in [6.07, 6.45) is 0. The quantitative estimate of drug-likeness (QED) is 0.180. The van der Waals surface area contributed by atoms with Gasteiger partial charge < -0.3 is 0 Å². The van der Waals surface area contributed by atoms with Crippen LogP contribution in [0, 0.1) is 0 Å². The molecular weight excluding hydrogens is 671 g/mol. The second-order valence-electron chi connectivity index (χ2n) is 14.9. The molecule has 4 heterocycles. The van der Waals surface area contributed by atoms with E-state index < -0.39 is 0 Å². The van der Waals surface area contributed by atoms with Gasteiger partial charge in [0.05, 0.1) is 11.0 Å². The maximum Gasteiger partial charge on any atom is 0.166 e. The van der Waals surface area contributed by atoms with E-state index in [0.29, 0.717) is 0 Å². The fourth-order valence-corrected chi connectivity index (χ4v) is 11.9. The van der Waals surface area contributed by atoms with E-state index in [-0.39, 0.29) is 5.41 Å². The second-order valence-corrected chi connectivity index (χ2v) is 17.0. The lowest BCUT2D eigenvalue weighted by molar-refractivity contribution is 0.660. The summed E-state index contributed by atoms with van der Waals surface area (Å²) in [6.45, 7) is 4.70. The summed E-state index contributed by atoms with van der Waals surface area (Å²) in [6, 6.07) is 47.2. The average Bonchev–Trinajstić information content (AvgIpc) is 3.88. The van der Waals surface area contributed by atoms with Crippen LogP contribution in [0.5, 0.6) is 0 Å². The van der Waals surface area contributed by atoms with Gasteiger partial charge in [0.1, 0.15) is 16.0 Å². The molecule has 0 saturated heterocycles. The SMILES string of the molecule is CC1(C)c2ccccc2-c2c(-c3nc4c(nc3-n3c5ccc6cccc7c6c5c5c6c(ccc53)sc3cccc-7c36)sc3ccccc34)cccc21. The van der Waals surface area contributed by atoms with E-state index >= 15 is 0 Å². The molecule has 0 aliphatic heterocycles. The summed E-state index contributed by atoms with van der Waals surface area (Å²) in [7, 11) is 0. The van der Waals surface area contributed by atoms with Gasteiger partial charge in [-0.3, -0.25) is 4.57 Å². The van der Waals surface area contributed by atoms with Gasteiger partial charge in [0, 0.05) is 52.0 Å². The number of hydrogen-bond donors (Lipinski definition) is 0. The van der Waals surface area contributed by atoms with Gasteiger partial charge in [0.15, 0.2) is 5.82 Å². The Balaban J connectivity index is 1.26. The summed E-state index contributed by atoms with van der Waals surface area (Å²) in [4.78, 5) is 12.4. The molecule has 0 spiro atoms. The first kappa shape index (κ1) is 27.8. The van der Waals surface area contributed by atoms with Crippen LogP contribution in [-0.2, 0) is 5.41 Å². The predicted octanol–water partition coefficient (Wildman–Crippen LogP) is 13.4. The molecule has 11 aromatic rings. The highest BCUT2D eigenvalue weighted by Crippen LogP contribution is 2.55. The average molecular weight is 698 g/mol. The highest BCUT2D eigenvalue weighted by atomic mass is 32.1. The zero-order valence-electron chi connectivity index (χ0n) is 28.3. The molecule has 0 N–H and O–H groups in total. The summed E-state index contributed by atoms with van der Waals surface area (Å²) in [5, 5.41) is 9.07. The van der Waals surface area contributed by atoms with Gasteiger partial charge in [0.25, 0.3) is 0 Å². The first-order chi connectivity index (χ1) is 25.6. The van der Waals surface area contributed by atoms with Crippen LogP contribution in [0.3, 0.4) is 0 Å². The lowest BCUT2D eigenvalue weighted by Gasteiger charge is -2.21. The maximum absolute atomic E-state index is 5.70. The van der Waals surface area contributed by atoms with Crippen LogP contribution >= 0.6 is 22.7 Å². The maximum atomic E-state index is 5.70. The minimum absolute atomic E-state index is 0.128. The number of fused-ring (bicyclic) bond motifs is 7. The van der Waals surface area contributed by atoms with E-state index in [1.807, 2.05) is 11.3 Å². The molecule has 0 amide bonds. The topological polar surface area (TPSA) is 30.7 Å². The van der Waals surface area contributed by atoms with E-state index in [1.54, 1.807) is 11.3 Å². The van der Waals surface area contributed by atoms with E-state index in [9.17, 15) is 0 Å². The Morgan fingerprint density at radius 1 is 0.500 bits per heavy atom. The minimum atomic E-state index is -0.128. The zero-order chi connectivity index (χ0) is 34.0. The third-order valence-electron chi connectivity index (χ3n) is 12.0. The lowest BCUT2D eigenvalue weighted by atomic mass is 9.82. The van der Waals surface area contributed by atoms with Crippen LogP contribution in [0.1, 0.15) is 25.0 Å². The third-order valence-corrected chi connectivity index (χ3v) is 14.1. The number of benzene rings is 7. The Bertz CT molecular complexity index is 3450. The van der Waals surface area contributed by atoms with Crippen molar-refractivity contribution in [2.24, 2.45) is 0 Å². The highest BCUT2D eigenvalue weighted by molar-refractivity contribution is 7.26. The molecule has 0 fully saturated rings. The Labute approximate surface area is 306 Å². The van der Waals surface area contributed by atoms with Crippen molar-refractivity contribution < 1.29 is 0 Å². The number of hydrogen-bond acceptors (Lipinski definition) is 4. The Morgan fingerprint density at radius 2 is 1.17 bits per heavy atom. The number of rotatable bonds is 2. The van der Waals surface area contributed by atoms with Crippen molar-refractivity contribution in [2.45, 2.75) is 19.3 Å². The molecule has 5 heteroatoms. The van der Waals surface area contributed by atoms with Gasteiger partial charge in [-0.1, -0.05) is 111 Å². The standard InChI is InChI=1S/C47H27N3S2/c1-47(2)30-16-5-3-11-27(30)38-29(15-8-17-31(38)47)43-45(49-46-44(48-43)28-12-4-6-18-34(28)52-46)50-32-21-20-24-10-7-13-25-26-14-9-19-35-39(26)42-36(51-35)23-22-33(50)41(42)40(32)37(24)25/h3-23H,1-2H3. The molecule has 242 valence electrons. The Morgan fingerprint density at radius 3 is 2.10 bits per heavy atom. The van der Waals surface area contributed by atoms with Gasteiger partial charge in [-0.15, -0.1) is 22.7 Å². The van der Waals surface area contributed by atoms with Crippen molar-refractivity contribution in [3.05, 3.63) is 139 Å². The molecule has 2 aliphatic carbocycles. The largest absolute Gasteiger partial charge is 0.292 e. The van der Waals surface area contributed by atoms with Gasteiger partial charge >= 0.3 is 0 Å². The monoisotopic (exact) mass is 697 g/mol. The van der Waals surface area contributed by atoms with Crippen LogP contribution < -0.4 is 0 Å². The van der Waals surface area contributed by atoms with Gasteiger partial charge in [-0.05, 0) is 74.5 Å². The van der Waals surface area contributed by atoms with Crippen LogP contribution in [0.2, 0.25) is 0 Å². The van der Waals surface area contributed by atoms with Crippen molar-refractivity contribution in [1.82, 2.24) is 14.5 Å². The summed E-state index contributed by atoms with van der Waals surface area (Å²) in [5.41, 5.74) is 13.1. The molecule has 0 bridgehead atoms. The third kappa shape index (κ3) is 3.20. The first-order valence-corrected chi connectivity index (χ1v) is 19.5. The van der Waals surface area contributed by atoms with Crippen molar-refractivity contribution in [3.63, 3.8) is 0 Å². The van der Waals surface area contributed by atoms with Crippen molar-refractivity contribution in [1.29, 1.82) is 0 Å². The lowest BCUT2D eigenvalue weighted by Crippen LogP contribution is -2.14. The van der Waals surface area contributed by atoms with E-state index in [0.717, 1.165) is 32.8 Å². The van der Waals surface area contributed by atoms with Crippen molar-refractivity contribution >= 4 is 95.9 Å². The second kappa shape index (κ2) is 9.31. The predicted molar refractivity (Wildman–Crippen MR) is 222 cm³/mol. The molecule has 13 rings (SSSR count). The van der Waals surface area contributed by atoms with Gasteiger partial charge in [-0.25, -0.2) is 9.97 Å². The van der Waals surface area contributed by atoms with E-state index in [2.05, 4.69) is 146 Å². The van der Waals surface area contributed by atoms with E-state index in [1.165, 1.54) is 90.8 Å². The molecule has 7 aromatic carbocycles. The highest BCUT2D eigenvalue weighted by Gasteiger charge is 2.38. The summed E-state index contributed by atoms with van der Waals surface area (Å²) >= 11 is 3.63. The number of aromatic nitrogens is 3. The van der Waals surface area contributed by atoms with E-state index in [4.69, 9.17) is 9.97 Å². The Hall–Kier alpha value is -5.88. The van der Waals surface area contributed by atoms with Crippen molar-refractivity contribution in [2.75, 3.05) is 0 Å². The smallest absolute Gasteiger partial charge is 0.166 e. The fourth-order valence-electron chi connectivity index (χ4n) is 9.75. The summed E-state index contributed by atoms with van der Waals surface area (Å²) < 4.78 is 6.30. The Kier molecular flexibility index (Phi) is 4.98. The molecular formula is C47H27N3S2. The van der Waals surface area contributed by atoms with Crippen LogP contribution in [-0.4, -0.2) is 14.5 Å². The molecule has 0 saturated carbocycles. The molecule has 0 unspecified atom stereocenters. The van der Waals surface area contributed by atoms with Gasteiger partial charge in [0.2, 0.25) is 0 Å². The minimum Gasteiger partial charge on any atom is -0.292 e. The normalized spacial score (nSPS) is 14.1. The molecule has 52 heavy (non-hydrogen) atoms. The van der Waals surface area contributed by atoms with Gasteiger partial charge in [-0.2, -0.15) is 0 Å². The van der Waals surface area contributed by atoms with Crippen molar-refractivity contribution in [3.8, 4) is 39.3 Å². The number of nitrogens with zero attached hydrogens (tertiary/aromatic N) is 3. The molecule has 4 aromatic heterocycles.